The number of nitrogens with one attached hydrogen (secondary N) is 1. The van der Waals surface area contributed by atoms with Crippen LogP contribution in [-0.2, 0) is 4.74 Å². The van der Waals surface area contributed by atoms with Gasteiger partial charge in [0.05, 0.1) is 13.2 Å². The van der Waals surface area contributed by atoms with E-state index in [1.54, 1.807) is 0 Å². The highest BCUT2D eigenvalue weighted by atomic mass is 32.2. The normalized spacial score (nSPS) is 18.1. The Kier molecular flexibility index (Phi) is 6.97. The van der Waals surface area contributed by atoms with Gasteiger partial charge in [-0.25, -0.2) is 0 Å². The second-order valence-corrected chi connectivity index (χ2v) is 4.23. The zero-order valence-corrected chi connectivity index (χ0v) is 10.4. The topological polar surface area (TPSA) is 60.6 Å². The number of nitrogens with zero attached hydrogens (tertiary/aromatic N) is 3. The van der Waals surface area contributed by atoms with E-state index in [0.717, 1.165) is 45.8 Å². The molecule has 1 N–H and O–H groups in total. The van der Waals surface area contributed by atoms with E-state index in [1.807, 2.05) is 12.4 Å². The lowest BCUT2D eigenvalue weighted by Crippen LogP contribution is -2.37. The van der Waals surface area contributed by atoms with Gasteiger partial charge < -0.3 is 4.74 Å². The number of amidine groups is 1. The molecule has 1 aliphatic heterocycles. The fraction of sp³-hybridized carbons (Fsp3) is 0.800. The third-order valence-corrected chi connectivity index (χ3v) is 2.97. The second kappa shape index (κ2) is 8.39. The molecular weight excluding hydrogens is 224 g/mol. The van der Waals surface area contributed by atoms with Crippen molar-refractivity contribution in [2.45, 2.75) is 6.42 Å². The minimum absolute atomic E-state index is 0.699. The number of hydrogen-bond acceptors (Lipinski definition) is 5. The number of nitriles is 1. The van der Waals surface area contributed by atoms with Crippen molar-refractivity contribution in [1.29, 1.82) is 5.26 Å². The zero-order chi connectivity index (χ0) is 11.6. The molecule has 0 unspecified atom stereocenters. The minimum Gasteiger partial charge on any atom is -0.379 e. The standard InChI is InChI=1S/C10H18N4OS/c1-16-10(13-9-11)12-3-2-4-14-5-7-15-8-6-14/h2-8H2,1H3,(H,12,13). The van der Waals surface area contributed by atoms with Gasteiger partial charge in [-0.05, 0) is 12.7 Å². The molecule has 0 aromatic rings. The first kappa shape index (κ1) is 13.3. The predicted molar refractivity (Wildman–Crippen MR) is 66.4 cm³/mol. The smallest absolute Gasteiger partial charge is 0.183 e. The summed E-state index contributed by atoms with van der Waals surface area (Å²) in [7, 11) is 0. The highest BCUT2D eigenvalue weighted by Gasteiger charge is 2.08. The molecular formula is C10H18N4OS. The number of aliphatic imine (C=N–C) groups is 1. The lowest BCUT2D eigenvalue weighted by Gasteiger charge is -2.26. The maximum atomic E-state index is 8.45. The summed E-state index contributed by atoms with van der Waals surface area (Å²) in [6, 6.07) is 0. The summed E-state index contributed by atoms with van der Waals surface area (Å²) >= 11 is 1.46. The van der Waals surface area contributed by atoms with E-state index in [9.17, 15) is 0 Å². The molecule has 0 saturated carbocycles. The molecule has 0 radical (unpaired) electrons. The molecule has 1 rings (SSSR count). The molecule has 0 aliphatic carbocycles. The van der Waals surface area contributed by atoms with E-state index < -0.39 is 0 Å². The van der Waals surface area contributed by atoms with Crippen molar-refractivity contribution in [3.8, 4) is 6.19 Å². The molecule has 1 saturated heterocycles. The van der Waals surface area contributed by atoms with Crippen LogP contribution in [0.2, 0.25) is 0 Å². The summed E-state index contributed by atoms with van der Waals surface area (Å²) in [5.74, 6) is 0. The zero-order valence-electron chi connectivity index (χ0n) is 9.61. The first-order valence-electron chi connectivity index (χ1n) is 5.40. The quantitative estimate of drug-likeness (QED) is 0.256. The van der Waals surface area contributed by atoms with Crippen molar-refractivity contribution in [3.63, 3.8) is 0 Å². The van der Waals surface area contributed by atoms with Gasteiger partial charge in [0.25, 0.3) is 0 Å². The monoisotopic (exact) mass is 242 g/mol. The van der Waals surface area contributed by atoms with E-state index in [0.29, 0.717) is 5.17 Å². The van der Waals surface area contributed by atoms with Gasteiger partial charge in [0.15, 0.2) is 11.4 Å². The number of rotatable bonds is 4. The summed E-state index contributed by atoms with van der Waals surface area (Å²) in [5, 5.41) is 11.7. The Bertz CT molecular complexity index is 258. The van der Waals surface area contributed by atoms with Crippen LogP contribution in [0.1, 0.15) is 6.42 Å². The minimum atomic E-state index is 0.699. The summed E-state index contributed by atoms with van der Waals surface area (Å²) in [5.41, 5.74) is 0. The van der Waals surface area contributed by atoms with E-state index >= 15 is 0 Å². The molecule has 0 amide bonds. The van der Waals surface area contributed by atoms with Crippen molar-refractivity contribution < 1.29 is 4.74 Å². The van der Waals surface area contributed by atoms with Crippen LogP contribution in [0.5, 0.6) is 0 Å². The number of morpholine rings is 1. The van der Waals surface area contributed by atoms with Gasteiger partial charge in [-0.1, -0.05) is 11.8 Å². The summed E-state index contributed by atoms with van der Waals surface area (Å²) in [6.45, 7) is 5.55. The summed E-state index contributed by atoms with van der Waals surface area (Å²) in [6.07, 6.45) is 4.81. The molecule has 16 heavy (non-hydrogen) atoms. The van der Waals surface area contributed by atoms with Crippen LogP contribution in [0.25, 0.3) is 0 Å². The van der Waals surface area contributed by atoms with Crippen molar-refractivity contribution in [1.82, 2.24) is 10.2 Å². The van der Waals surface area contributed by atoms with Crippen LogP contribution in [0.3, 0.4) is 0 Å². The molecule has 0 aromatic carbocycles. The lowest BCUT2D eigenvalue weighted by molar-refractivity contribution is 0.0377. The third-order valence-electron chi connectivity index (χ3n) is 2.35. The first-order valence-corrected chi connectivity index (χ1v) is 6.63. The fourth-order valence-electron chi connectivity index (χ4n) is 1.50. The van der Waals surface area contributed by atoms with Gasteiger partial charge in [-0.15, -0.1) is 0 Å². The Balaban J connectivity index is 2.12. The van der Waals surface area contributed by atoms with Crippen molar-refractivity contribution >= 4 is 16.9 Å². The van der Waals surface area contributed by atoms with Gasteiger partial charge in [-0.3, -0.25) is 15.2 Å². The van der Waals surface area contributed by atoms with Crippen molar-refractivity contribution in [2.24, 2.45) is 4.99 Å². The van der Waals surface area contributed by atoms with Crippen molar-refractivity contribution in [3.05, 3.63) is 0 Å². The largest absolute Gasteiger partial charge is 0.379 e. The van der Waals surface area contributed by atoms with Gasteiger partial charge in [-0.2, -0.15) is 5.26 Å². The Morgan fingerprint density at radius 1 is 1.56 bits per heavy atom. The number of thioether (sulfide) groups is 1. The Morgan fingerprint density at radius 3 is 2.94 bits per heavy atom. The highest BCUT2D eigenvalue weighted by Crippen LogP contribution is 1.99. The van der Waals surface area contributed by atoms with Crippen molar-refractivity contribution in [2.75, 3.05) is 45.6 Å². The molecule has 1 fully saturated rings. The fourth-order valence-corrected chi connectivity index (χ4v) is 1.87. The van der Waals surface area contributed by atoms with Crippen LogP contribution in [0.15, 0.2) is 4.99 Å². The number of hydrogen-bond donors (Lipinski definition) is 1. The molecule has 6 heteroatoms. The Morgan fingerprint density at radius 2 is 2.31 bits per heavy atom. The third kappa shape index (κ3) is 5.35. The summed E-state index contributed by atoms with van der Waals surface area (Å²) < 4.78 is 5.27. The average molecular weight is 242 g/mol. The van der Waals surface area contributed by atoms with E-state index in [1.165, 1.54) is 11.8 Å². The molecule has 0 spiro atoms. The van der Waals surface area contributed by atoms with E-state index in [4.69, 9.17) is 10.00 Å². The molecule has 1 heterocycles. The summed E-state index contributed by atoms with van der Waals surface area (Å²) in [4.78, 5) is 6.69. The SMILES string of the molecule is CSC(=NCCCN1CCOCC1)NC#N. The van der Waals surface area contributed by atoms with Crippen LogP contribution in [-0.4, -0.2) is 55.7 Å². The molecule has 0 bridgehead atoms. The van der Waals surface area contributed by atoms with Gasteiger partial charge in [0.2, 0.25) is 0 Å². The molecule has 0 atom stereocenters. The first-order chi connectivity index (χ1) is 7.86. The van der Waals surface area contributed by atoms with E-state index in [-0.39, 0.29) is 0 Å². The maximum Gasteiger partial charge on any atom is 0.183 e. The Labute approximate surface area is 101 Å². The van der Waals surface area contributed by atoms with Crippen LogP contribution in [0, 0.1) is 11.5 Å². The van der Waals surface area contributed by atoms with Crippen LogP contribution >= 0.6 is 11.8 Å². The molecule has 1 aliphatic rings. The van der Waals surface area contributed by atoms with Crippen LogP contribution < -0.4 is 5.32 Å². The molecule has 5 nitrogen and oxygen atoms in total. The highest BCUT2D eigenvalue weighted by molar-refractivity contribution is 8.13. The molecule has 0 aromatic heterocycles. The second-order valence-electron chi connectivity index (χ2n) is 3.44. The van der Waals surface area contributed by atoms with Crippen LogP contribution in [0.4, 0.5) is 0 Å². The van der Waals surface area contributed by atoms with Gasteiger partial charge in [0.1, 0.15) is 0 Å². The van der Waals surface area contributed by atoms with Gasteiger partial charge >= 0.3 is 0 Å². The van der Waals surface area contributed by atoms with Gasteiger partial charge in [0, 0.05) is 26.2 Å². The lowest BCUT2D eigenvalue weighted by atomic mass is 10.3. The predicted octanol–water partition coefficient (Wildman–Crippen LogP) is 0.498. The average Bonchev–Trinajstić information content (AvgIpc) is 2.34. The maximum absolute atomic E-state index is 8.45. The Hall–Kier alpha value is -0.770. The molecule has 90 valence electrons. The van der Waals surface area contributed by atoms with E-state index in [2.05, 4.69) is 15.2 Å². The number of ether oxygens (including phenoxy) is 1.